The highest BCUT2D eigenvalue weighted by atomic mass is 19.1. The molecule has 7 nitrogen and oxygen atoms in total. The van der Waals surface area contributed by atoms with Gasteiger partial charge in [0.05, 0.1) is 24.4 Å². The first-order chi connectivity index (χ1) is 31.8. The van der Waals surface area contributed by atoms with Gasteiger partial charge in [0.25, 0.3) is 0 Å². The Morgan fingerprint density at radius 2 is 1.05 bits per heavy atom. The highest BCUT2D eigenvalue weighted by Crippen LogP contribution is 2.51. The van der Waals surface area contributed by atoms with Gasteiger partial charge in [-0.05, 0) is 164 Å². The molecule has 0 radical (unpaired) electrons. The second-order valence-electron chi connectivity index (χ2n) is 18.9. The number of aliphatic hydroxyl groups is 1. The van der Waals surface area contributed by atoms with Gasteiger partial charge in [0.2, 0.25) is 0 Å². The Morgan fingerprint density at radius 3 is 1.50 bits per heavy atom. The van der Waals surface area contributed by atoms with Crippen LogP contribution in [0.1, 0.15) is 103 Å². The molecule has 1 fully saturated rings. The van der Waals surface area contributed by atoms with E-state index in [0.29, 0.717) is 19.0 Å². The number of hydrogen-bond donors (Lipinski definition) is 1. The third-order valence-corrected chi connectivity index (χ3v) is 14.1. The molecule has 3 aliphatic rings. The van der Waals surface area contributed by atoms with Crippen molar-refractivity contribution >= 4 is 0 Å². The second-order valence-corrected chi connectivity index (χ2v) is 18.9. The normalized spacial score (nSPS) is 20.5. The second kappa shape index (κ2) is 18.7. The number of hydrogen-bond acceptors (Lipinski definition) is 7. The van der Waals surface area contributed by atoms with Gasteiger partial charge in [-0.3, -0.25) is 0 Å². The van der Waals surface area contributed by atoms with Gasteiger partial charge < -0.3 is 33.5 Å². The summed E-state index contributed by atoms with van der Waals surface area (Å²) in [5.74, 6) is 0.966. The van der Waals surface area contributed by atoms with E-state index in [1.807, 2.05) is 71.0 Å². The van der Waals surface area contributed by atoms with Crippen LogP contribution in [0.5, 0.6) is 11.5 Å². The fourth-order valence-electron chi connectivity index (χ4n) is 10.1. The minimum Gasteiger partial charge on any atom is -0.491 e. The van der Waals surface area contributed by atoms with Crippen molar-refractivity contribution in [2.45, 2.75) is 94.5 Å². The molecular formula is C57H60F2O7. The zero-order chi connectivity index (χ0) is 46.1. The predicted octanol–water partition coefficient (Wildman–Crippen LogP) is 11.2. The lowest BCUT2D eigenvalue weighted by Gasteiger charge is -2.34. The van der Waals surface area contributed by atoms with Gasteiger partial charge in [0.15, 0.2) is 0 Å². The minimum atomic E-state index is -0.881. The summed E-state index contributed by atoms with van der Waals surface area (Å²) >= 11 is 0. The zero-order valence-corrected chi connectivity index (χ0v) is 38.6. The van der Waals surface area contributed by atoms with Gasteiger partial charge in [-0.15, -0.1) is 0 Å². The van der Waals surface area contributed by atoms with Crippen molar-refractivity contribution in [1.29, 1.82) is 0 Å². The fraction of sp³-hybridized carbons (Fsp3) is 0.368. The van der Waals surface area contributed by atoms with Crippen molar-refractivity contribution in [2.75, 3.05) is 39.8 Å². The van der Waals surface area contributed by atoms with Crippen LogP contribution in [-0.2, 0) is 53.8 Å². The van der Waals surface area contributed by atoms with Gasteiger partial charge in [0.1, 0.15) is 55.3 Å². The maximum atomic E-state index is 14.5. The number of epoxide rings is 1. The van der Waals surface area contributed by atoms with E-state index in [4.69, 9.17) is 28.4 Å². The van der Waals surface area contributed by atoms with Crippen LogP contribution in [0.3, 0.4) is 0 Å². The van der Waals surface area contributed by atoms with Crippen LogP contribution >= 0.6 is 0 Å². The van der Waals surface area contributed by atoms with Crippen LogP contribution in [0.15, 0.2) is 133 Å². The van der Waals surface area contributed by atoms with Crippen LogP contribution in [0.25, 0.3) is 0 Å². The Balaban J connectivity index is 0.862. The number of rotatable bonds is 19. The minimum absolute atomic E-state index is 0.0466. The summed E-state index contributed by atoms with van der Waals surface area (Å²) in [7, 11) is 0. The molecule has 6 aromatic carbocycles. The molecule has 344 valence electrons. The van der Waals surface area contributed by atoms with Crippen molar-refractivity contribution in [3.63, 3.8) is 0 Å². The first-order valence-electron chi connectivity index (χ1n) is 23.2. The van der Waals surface area contributed by atoms with Gasteiger partial charge in [0, 0.05) is 17.4 Å². The van der Waals surface area contributed by atoms with E-state index in [1.165, 1.54) is 0 Å². The van der Waals surface area contributed by atoms with E-state index >= 15 is 0 Å². The molecule has 1 N–H and O–H groups in total. The summed E-state index contributed by atoms with van der Waals surface area (Å²) in [6.45, 7) is 12.2. The number of aliphatic hydroxyl groups excluding tert-OH is 1. The summed E-state index contributed by atoms with van der Waals surface area (Å²) in [6, 6.07) is 43.6. The van der Waals surface area contributed by atoms with Crippen molar-refractivity contribution in [1.82, 2.24) is 0 Å². The van der Waals surface area contributed by atoms with Gasteiger partial charge in [-0.2, -0.15) is 0 Å². The molecule has 9 heteroatoms. The highest BCUT2D eigenvalue weighted by Gasteiger charge is 2.44. The molecule has 0 saturated carbocycles. The molecule has 9 rings (SSSR count). The number of halogens is 2. The maximum Gasteiger partial charge on any atom is 0.147 e. The van der Waals surface area contributed by atoms with E-state index in [1.54, 1.807) is 24.3 Å². The first-order valence-corrected chi connectivity index (χ1v) is 23.2. The quantitative estimate of drug-likeness (QED) is 0.0493. The van der Waals surface area contributed by atoms with E-state index in [2.05, 4.69) is 72.8 Å². The van der Waals surface area contributed by atoms with Gasteiger partial charge >= 0.3 is 0 Å². The summed E-state index contributed by atoms with van der Waals surface area (Å²) < 4.78 is 64.2. The Labute approximate surface area is 387 Å². The average Bonchev–Trinajstić information content (AvgIpc) is 3.98. The Bertz CT molecular complexity index is 2610. The lowest BCUT2D eigenvalue weighted by atomic mass is 9.70. The lowest BCUT2D eigenvalue weighted by molar-refractivity contribution is -0.129. The summed E-state index contributed by atoms with van der Waals surface area (Å²) in [6.07, 6.45) is 2.41. The molecule has 0 spiro atoms. The monoisotopic (exact) mass is 894 g/mol. The molecule has 66 heavy (non-hydrogen) atoms. The van der Waals surface area contributed by atoms with Crippen molar-refractivity contribution in [3.8, 4) is 11.5 Å². The molecule has 1 aliphatic heterocycles. The summed E-state index contributed by atoms with van der Waals surface area (Å²) in [5.41, 5.74) is 8.48. The van der Waals surface area contributed by atoms with Crippen LogP contribution in [0, 0.1) is 11.6 Å². The molecule has 1 saturated heterocycles. The molecule has 1 heterocycles. The molecule has 0 bridgehead atoms. The van der Waals surface area contributed by atoms with Crippen molar-refractivity contribution in [3.05, 3.63) is 201 Å². The van der Waals surface area contributed by atoms with Gasteiger partial charge in [-0.1, -0.05) is 84.9 Å². The highest BCUT2D eigenvalue weighted by molar-refractivity contribution is 5.59. The molecule has 0 aromatic heterocycles. The molecule has 4 atom stereocenters. The van der Waals surface area contributed by atoms with Crippen molar-refractivity contribution < 1.29 is 42.3 Å². The Hall–Kier alpha value is -5.42. The van der Waals surface area contributed by atoms with Crippen LogP contribution in [-0.4, -0.2) is 57.1 Å². The van der Waals surface area contributed by atoms with E-state index in [-0.39, 0.29) is 37.7 Å². The van der Waals surface area contributed by atoms with E-state index < -0.39 is 28.1 Å². The smallest absolute Gasteiger partial charge is 0.147 e. The van der Waals surface area contributed by atoms with Crippen LogP contribution < -0.4 is 9.47 Å². The number of aryl methyl sites for hydroxylation is 2. The summed E-state index contributed by atoms with van der Waals surface area (Å²) in [5, 5.41) is 11.1. The topological polar surface area (TPSA) is 78.9 Å². The number of benzene rings is 6. The fourth-order valence-corrected chi connectivity index (χ4v) is 10.1. The zero-order valence-electron chi connectivity index (χ0n) is 38.6. The molecule has 6 aromatic rings. The average molecular weight is 895 g/mol. The largest absolute Gasteiger partial charge is 0.491 e. The lowest BCUT2D eigenvalue weighted by Crippen LogP contribution is -2.31. The summed E-state index contributed by atoms with van der Waals surface area (Å²) in [4.78, 5) is 0. The van der Waals surface area contributed by atoms with E-state index in [9.17, 15) is 13.9 Å². The predicted molar refractivity (Wildman–Crippen MR) is 251 cm³/mol. The maximum absolute atomic E-state index is 14.5. The third-order valence-electron chi connectivity index (χ3n) is 14.1. The molecule has 0 amide bonds. The first kappa shape index (κ1) is 45.7. The molecule has 4 unspecified atom stereocenters. The standard InChI is InChI=1S/C57H60F2O7/c1-6-61-37-66-55(4,5)41-9-13-43(14-10-41)57(30-28-39-32-47(59)20-26-53(39)57)44-15-21-49(22-16-44)62-33-48(60)34-65-54(2,3)40-7-11-42(12-8-40)56(29-27-38-31-46(58)19-25-52(38)56)45-17-23-50(24-18-45)63-35-51-36-64-51/h7-26,31-32,48,51,60H,6,27-30,33-37H2,1-5H3. The van der Waals surface area contributed by atoms with Crippen LogP contribution in [0.2, 0.25) is 0 Å². The SMILES string of the molecule is CCOCOC(C)(C)c1ccc(C2(c3ccc(OCC(O)COC(C)(C)c4ccc(C5(c6ccc(OCC7CO7)cc6)CCc6cc(F)ccc65)cc4)cc3)CCc3cc(F)ccc32)cc1. The number of fused-ring (bicyclic) bond motifs is 2. The Kier molecular flexibility index (Phi) is 13.0. The number of ether oxygens (including phenoxy) is 6. The molecular weight excluding hydrogens is 835 g/mol. The van der Waals surface area contributed by atoms with Crippen LogP contribution in [0.4, 0.5) is 8.78 Å². The van der Waals surface area contributed by atoms with Gasteiger partial charge in [-0.25, -0.2) is 8.78 Å². The Morgan fingerprint density at radius 1 is 0.606 bits per heavy atom. The van der Waals surface area contributed by atoms with Crippen molar-refractivity contribution in [2.24, 2.45) is 0 Å². The third kappa shape index (κ3) is 9.16. The molecule has 2 aliphatic carbocycles. The van der Waals surface area contributed by atoms with E-state index in [0.717, 1.165) is 93.7 Å².